The molecule has 0 saturated heterocycles. The summed E-state index contributed by atoms with van der Waals surface area (Å²) in [6.07, 6.45) is 14.2. The van der Waals surface area contributed by atoms with Crippen molar-refractivity contribution in [3.05, 3.63) is 47.5 Å². The molecule has 0 amide bonds. The SMILES string of the molecule is C.C.CC1CC=C(C2CCCCC2)CC1.Cc1ccccc1. The third-order valence-corrected chi connectivity index (χ3v) is 4.78. The van der Waals surface area contributed by atoms with Gasteiger partial charge in [-0.05, 0) is 50.9 Å². The minimum absolute atomic E-state index is 0. The molecule has 0 spiro atoms. The maximum atomic E-state index is 2.56. The predicted molar refractivity (Wildman–Crippen MR) is 102 cm³/mol. The zero-order valence-corrected chi connectivity index (χ0v) is 13.3. The quantitative estimate of drug-likeness (QED) is 0.469. The number of hydrogen-bond acceptors (Lipinski definition) is 0. The largest absolute Gasteiger partial charge is 0.0848 e. The van der Waals surface area contributed by atoms with Crippen LogP contribution < -0.4 is 0 Å². The minimum Gasteiger partial charge on any atom is -0.0848 e. The van der Waals surface area contributed by atoms with Gasteiger partial charge >= 0.3 is 0 Å². The highest BCUT2D eigenvalue weighted by Gasteiger charge is 2.20. The van der Waals surface area contributed by atoms with Crippen molar-refractivity contribution in [1.82, 2.24) is 0 Å². The molecule has 0 nitrogen and oxygen atoms in total. The lowest BCUT2D eigenvalue weighted by molar-refractivity contribution is 0.375. The first-order valence-corrected chi connectivity index (χ1v) is 8.46. The van der Waals surface area contributed by atoms with Crippen LogP contribution in [0.5, 0.6) is 0 Å². The van der Waals surface area contributed by atoms with E-state index in [0.29, 0.717) is 0 Å². The van der Waals surface area contributed by atoms with Crippen LogP contribution in [0.2, 0.25) is 0 Å². The molecule has 0 heterocycles. The summed E-state index contributed by atoms with van der Waals surface area (Å²) in [6.45, 7) is 4.47. The van der Waals surface area contributed by atoms with Crippen LogP contribution in [0.4, 0.5) is 0 Å². The lowest BCUT2D eigenvalue weighted by atomic mass is 9.78. The molecule has 0 heteroatoms. The van der Waals surface area contributed by atoms with Crippen molar-refractivity contribution in [3.63, 3.8) is 0 Å². The molecule has 1 saturated carbocycles. The Balaban J connectivity index is 0.000000425. The van der Waals surface area contributed by atoms with Gasteiger partial charge in [0.05, 0.1) is 0 Å². The number of benzene rings is 1. The monoisotopic (exact) mass is 302 g/mol. The van der Waals surface area contributed by atoms with Gasteiger partial charge in [0.25, 0.3) is 0 Å². The van der Waals surface area contributed by atoms with Crippen LogP contribution in [0.25, 0.3) is 0 Å². The summed E-state index contributed by atoms with van der Waals surface area (Å²) in [5.41, 5.74) is 3.14. The van der Waals surface area contributed by atoms with Crippen molar-refractivity contribution < 1.29 is 0 Å². The molecule has 1 fully saturated rings. The van der Waals surface area contributed by atoms with E-state index in [2.05, 4.69) is 32.1 Å². The van der Waals surface area contributed by atoms with E-state index < -0.39 is 0 Å². The lowest BCUT2D eigenvalue weighted by Crippen LogP contribution is -2.13. The van der Waals surface area contributed by atoms with Gasteiger partial charge < -0.3 is 0 Å². The lowest BCUT2D eigenvalue weighted by Gasteiger charge is -2.28. The van der Waals surface area contributed by atoms with Crippen molar-refractivity contribution in [2.24, 2.45) is 11.8 Å². The molecule has 0 bridgehead atoms. The Labute approximate surface area is 140 Å². The van der Waals surface area contributed by atoms with Crippen LogP contribution in [-0.4, -0.2) is 0 Å². The van der Waals surface area contributed by atoms with Crippen molar-refractivity contribution in [1.29, 1.82) is 0 Å². The van der Waals surface area contributed by atoms with E-state index in [0.717, 1.165) is 11.8 Å². The fraction of sp³-hybridized carbons (Fsp3) is 0.636. The molecule has 1 aromatic rings. The summed E-state index contributed by atoms with van der Waals surface area (Å²) in [7, 11) is 0. The summed E-state index contributed by atoms with van der Waals surface area (Å²) < 4.78 is 0. The van der Waals surface area contributed by atoms with E-state index in [1.54, 1.807) is 0 Å². The molecule has 0 radical (unpaired) electrons. The van der Waals surface area contributed by atoms with Crippen LogP contribution in [0.3, 0.4) is 0 Å². The number of aryl methyl sites for hydroxylation is 1. The Morgan fingerprint density at radius 3 is 1.95 bits per heavy atom. The van der Waals surface area contributed by atoms with Gasteiger partial charge in [-0.1, -0.05) is 88.6 Å². The molecule has 1 atom stereocenters. The van der Waals surface area contributed by atoms with Crippen LogP contribution in [0.15, 0.2) is 42.0 Å². The van der Waals surface area contributed by atoms with Gasteiger partial charge in [-0.25, -0.2) is 0 Å². The minimum atomic E-state index is 0. The molecule has 3 rings (SSSR count). The van der Waals surface area contributed by atoms with E-state index in [-0.39, 0.29) is 14.9 Å². The van der Waals surface area contributed by atoms with Gasteiger partial charge in [-0.2, -0.15) is 0 Å². The highest BCUT2D eigenvalue weighted by atomic mass is 14.3. The van der Waals surface area contributed by atoms with Crippen molar-refractivity contribution in [2.45, 2.75) is 80.1 Å². The standard InChI is InChI=1S/C13H22.C7H8.2CH4/c1-11-7-9-13(10-8-11)12-5-3-2-4-6-12;1-7-5-3-2-4-6-7;;/h9,11-12H,2-8,10H2,1H3;2-6H,1H3;2*1H4. The third kappa shape index (κ3) is 7.29. The fourth-order valence-electron chi connectivity index (χ4n) is 3.36. The molecule has 126 valence electrons. The van der Waals surface area contributed by atoms with E-state index in [1.807, 2.05) is 23.8 Å². The molecular weight excluding hydrogens is 264 g/mol. The van der Waals surface area contributed by atoms with Gasteiger partial charge in [-0.15, -0.1) is 0 Å². The normalized spacial score (nSPS) is 21.4. The van der Waals surface area contributed by atoms with Gasteiger partial charge in [0.15, 0.2) is 0 Å². The Morgan fingerprint density at radius 1 is 0.864 bits per heavy atom. The summed E-state index contributed by atoms with van der Waals surface area (Å²) in [6, 6.07) is 10.3. The fourth-order valence-corrected chi connectivity index (χ4v) is 3.36. The molecule has 1 aromatic carbocycles. The maximum Gasteiger partial charge on any atom is -0.0203 e. The predicted octanol–water partition coefficient (Wildman–Crippen LogP) is 7.58. The molecule has 2 aliphatic carbocycles. The Kier molecular flexibility index (Phi) is 11.0. The molecule has 0 aliphatic heterocycles. The first-order valence-electron chi connectivity index (χ1n) is 8.46. The van der Waals surface area contributed by atoms with Crippen LogP contribution in [0.1, 0.15) is 78.7 Å². The van der Waals surface area contributed by atoms with Gasteiger partial charge in [0.2, 0.25) is 0 Å². The molecule has 22 heavy (non-hydrogen) atoms. The maximum absolute atomic E-state index is 2.56. The number of rotatable bonds is 1. The zero-order valence-electron chi connectivity index (χ0n) is 13.3. The summed E-state index contributed by atoms with van der Waals surface area (Å²) in [5, 5.41) is 0. The molecule has 0 aromatic heterocycles. The zero-order chi connectivity index (χ0) is 14.2. The second-order valence-electron chi connectivity index (χ2n) is 6.65. The Hall–Kier alpha value is -1.04. The van der Waals surface area contributed by atoms with Crippen LogP contribution >= 0.6 is 0 Å². The second-order valence-corrected chi connectivity index (χ2v) is 6.65. The van der Waals surface area contributed by atoms with E-state index >= 15 is 0 Å². The Morgan fingerprint density at radius 2 is 1.50 bits per heavy atom. The highest BCUT2D eigenvalue weighted by Crippen LogP contribution is 2.35. The highest BCUT2D eigenvalue weighted by molar-refractivity contribution is 5.12. The molecular formula is C22H38. The van der Waals surface area contributed by atoms with E-state index in [4.69, 9.17) is 0 Å². The molecule has 1 unspecified atom stereocenters. The van der Waals surface area contributed by atoms with E-state index in [9.17, 15) is 0 Å². The smallest absolute Gasteiger partial charge is 0.0203 e. The van der Waals surface area contributed by atoms with Gasteiger partial charge in [-0.3, -0.25) is 0 Å². The molecule has 2 aliphatic rings. The Bertz CT molecular complexity index is 395. The van der Waals surface area contributed by atoms with Crippen LogP contribution in [-0.2, 0) is 0 Å². The number of hydrogen-bond donors (Lipinski definition) is 0. The average molecular weight is 303 g/mol. The summed E-state index contributed by atoms with van der Waals surface area (Å²) in [4.78, 5) is 0. The van der Waals surface area contributed by atoms with E-state index in [1.165, 1.54) is 56.9 Å². The summed E-state index contributed by atoms with van der Waals surface area (Å²) >= 11 is 0. The topological polar surface area (TPSA) is 0 Å². The van der Waals surface area contributed by atoms with Gasteiger partial charge in [0, 0.05) is 0 Å². The molecule has 0 N–H and O–H groups in total. The third-order valence-electron chi connectivity index (χ3n) is 4.78. The average Bonchev–Trinajstić information content (AvgIpc) is 2.50. The van der Waals surface area contributed by atoms with Crippen molar-refractivity contribution in [2.75, 3.05) is 0 Å². The van der Waals surface area contributed by atoms with Crippen LogP contribution in [0, 0.1) is 18.8 Å². The first-order chi connectivity index (χ1) is 9.75. The van der Waals surface area contributed by atoms with Gasteiger partial charge in [0.1, 0.15) is 0 Å². The van der Waals surface area contributed by atoms with Crippen molar-refractivity contribution >= 4 is 0 Å². The van der Waals surface area contributed by atoms with Crippen molar-refractivity contribution in [3.8, 4) is 0 Å². The summed E-state index contributed by atoms with van der Waals surface area (Å²) in [5.74, 6) is 1.94. The second kappa shape index (κ2) is 11.5. The first kappa shape index (κ1) is 21.0. The number of allylic oxidation sites excluding steroid dienone is 2.